The van der Waals surface area contributed by atoms with Gasteiger partial charge in [0.2, 0.25) is 5.95 Å². The highest BCUT2D eigenvalue weighted by molar-refractivity contribution is 5.70. The van der Waals surface area contributed by atoms with Crippen LogP contribution in [0.4, 0.5) is 5.95 Å². The van der Waals surface area contributed by atoms with Crippen molar-refractivity contribution in [1.29, 1.82) is 0 Å². The van der Waals surface area contributed by atoms with Crippen molar-refractivity contribution in [2.24, 2.45) is 0 Å². The van der Waals surface area contributed by atoms with E-state index in [0.717, 1.165) is 0 Å². The molecule has 1 fully saturated rings. The van der Waals surface area contributed by atoms with Crippen LogP contribution in [-0.4, -0.2) is 66.8 Å². The highest BCUT2D eigenvalue weighted by atomic mass is 16.5. The molecule has 0 aromatic carbocycles. The third-order valence-electron chi connectivity index (χ3n) is 3.75. The van der Waals surface area contributed by atoms with E-state index in [1.54, 1.807) is 4.57 Å². The second-order valence-corrected chi connectivity index (χ2v) is 5.36. The first kappa shape index (κ1) is 15.9. The fourth-order valence-electron chi connectivity index (χ4n) is 2.56. The quantitative estimate of drug-likeness (QED) is 0.406. The molecule has 3 heterocycles. The van der Waals surface area contributed by atoms with Crippen molar-refractivity contribution in [2.45, 2.75) is 31.3 Å². The molecule has 0 spiro atoms. The van der Waals surface area contributed by atoms with Crippen molar-refractivity contribution in [3.8, 4) is 0 Å². The Morgan fingerprint density at radius 2 is 2.30 bits per heavy atom. The van der Waals surface area contributed by atoms with E-state index >= 15 is 0 Å². The van der Waals surface area contributed by atoms with Crippen LogP contribution in [0.3, 0.4) is 0 Å². The van der Waals surface area contributed by atoms with Gasteiger partial charge in [-0.05, 0) is 6.42 Å². The SMILES string of the molecule is O=c1[nH]c(NCCCO)nc2c1ncn2[C@H]1C[C@H](O)[C@@H](CO)O1. The number of aliphatic hydroxyl groups is 3. The Kier molecular flexibility index (Phi) is 4.57. The lowest BCUT2D eigenvalue weighted by Crippen LogP contribution is -2.24. The van der Waals surface area contributed by atoms with Crippen LogP contribution in [0.2, 0.25) is 0 Å². The predicted octanol–water partition coefficient (Wildman–Crippen LogP) is -1.45. The van der Waals surface area contributed by atoms with Crippen LogP contribution in [-0.2, 0) is 4.74 Å². The minimum atomic E-state index is -0.786. The molecular weight excluding hydrogens is 306 g/mol. The van der Waals surface area contributed by atoms with Gasteiger partial charge in [0.25, 0.3) is 5.56 Å². The number of rotatable bonds is 6. The molecule has 2 aromatic rings. The van der Waals surface area contributed by atoms with E-state index in [-0.39, 0.29) is 31.1 Å². The minimum Gasteiger partial charge on any atom is -0.396 e. The number of aromatic amines is 1. The molecule has 0 radical (unpaired) electrons. The van der Waals surface area contributed by atoms with Gasteiger partial charge in [-0.2, -0.15) is 4.98 Å². The summed E-state index contributed by atoms with van der Waals surface area (Å²) in [6.07, 6.45) is 0.233. The normalized spacial score (nSPS) is 24.4. The fraction of sp³-hybridized carbons (Fsp3) is 0.615. The van der Waals surface area contributed by atoms with E-state index < -0.39 is 24.0 Å². The molecule has 3 atom stereocenters. The summed E-state index contributed by atoms with van der Waals surface area (Å²) in [5, 5.41) is 30.7. The molecular formula is C13H19N5O5. The van der Waals surface area contributed by atoms with Gasteiger partial charge in [-0.1, -0.05) is 0 Å². The van der Waals surface area contributed by atoms with Gasteiger partial charge in [0, 0.05) is 19.6 Å². The largest absolute Gasteiger partial charge is 0.396 e. The number of aromatic nitrogens is 4. The topological polar surface area (TPSA) is 146 Å². The van der Waals surface area contributed by atoms with E-state index in [1.807, 2.05) is 0 Å². The Hall–Kier alpha value is -2.01. The number of anilines is 1. The second kappa shape index (κ2) is 6.62. The number of nitrogens with one attached hydrogen (secondary N) is 2. The van der Waals surface area contributed by atoms with Crippen molar-refractivity contribution in [3.63, 3.8) is 0 Å². The van der Waals surface area contributed by atoms with Gasteiger partial charge in [0.1, 0.15) is 12.3 Å². The molecule has 10 nitrogen and oxygen atoms in total. The average Bonchev–Trinajstić information content (AvgIpc) is 3.11. The smallest absolute Gasteiger partial charge is 0.280 e. The maximum absolute atomic E-state index is 12.1. The molecule has 0 amide bonds. The zero-order chi connectivity index (χ0) is 16.4. The number of hydrogen-bond acceptors (Lipinski definition) is 8. The van der Waals surface area contributed by atoms with E-state index in [1.165, 1.54) is 6.33 Å². The number of H-pyrrole nitrogens is 1. The number of aliphatic hydroxyl groups excluding tert-OH is 3. The molecule has 2 aromatic heterocycles. The molecule has 5 N–H and O–H groups in total. The van der Waals surface area contributed by atoms with Crippen LogP contribution in [0.1, 0.15) is 19.1 Å². The molecule has 1 saturated heterocycles. The van der Waals surface area contributed by atoms with Crippen LogP contribution >= 0.6 is 0 Å². The Bertz CT molecular complexity index is 729. The zero-order valence-corrected chi connectivity index (χ0v) is 12.3. The number of imidazole rings is 1. The van der Waals surface area contributed by atoms with Gasteiger partial charge >= 0.3 is 0 Å². The number of nitrogens with zero attached hydrogens (tertiary/aromatic N) is 3. The van der Waals surface area contributed by atoms with E-state index in [2.05, 4.69) is 20.3 Å². The van der Waals surface area contributed by atoms with Crippen LogP contribution in [0, 0.1) is 0 Å². The van der Waals surface area contributed by atoms with Crippen LogP contribution in [0.15, 0.2) is 11.1 Å². The Labute approximate surface area is 130 Å². The fourth-order valence-corrected chi connectivity index (χ4v) is 2.56. The van der Waals surface area contributed by atoms with Crippen molar-refractivity contribution in [2.75, 3.05) is 25.1 Å². The monoisotopic (exact) mass is 325 g/mol. The average molecular weight is 325 g/mol. The van der Waals surface area contributed by atoms with E-state index in [9.17, 15) is 9.90 Å². The van der Waals surface area contributed by atoms with Crippen LogP contribution in [0.5, 0.6) is 0 Å². The van der Waals surface area contributed by atoms with Gasteiger partial charge in [-0.15, -0.1) is 0 Å². The molecule has 1 aliphatic heterocycles. The molecule has 0 aliphatic carbocycles. The Balaban J connectivity index is 1.91. The van der Waals surface area contributed by atoms with E-state index in [4.69, 9.17) is 14.9 Å². The maximum atomic E-state index is 12.1. The summed E-state index contributed by atoms with van der Waals surface area (Å²) in [6, 6.07) is 0. The summed E-state index contributed by atoms with van der Waals surface area (Å²) in [6.45, 7) is 0.213. The Morgan fingerprint density at radius 3 is 3.00 bits per heavy atom. The lowest BCUT2D eigenvalue weighted by atomic mass is 10.2. The molecule has 10 heteroatoms. The Morgan fingerprint density at radius 1 is 1.48 bits per heavy atom. The lowest BCUT2D eigenvalue weighted by molar-refractivity contribution is -0.0432. The lowest BCUT2D eigenvalue weighted by Gasteiger charge is -2.13. The number of fused-ring (bicyclic) bond motifs is 1. The first-order valence-corrected chi connectivity index (χ1v) is 7.40. The standard InChI is InChI=1S/C13H19N5O5/c19-3-1-2-14-13-16-11-10(12(22)17-13)15-6-18(11)9-4-7(21)8(5-20)23-9/h6-9,19-21H,1-5H2,(H2,14,16,17,22)/t7-,8+,9+/m0/s1. The third-order valence-corrected chi connectivity index (χ3v) is 3.75. The predicted molar refractivity (Wildman–Crippen MR) is 80.0 cm³/mol. The summed E-state index contributed by atoms with van der Waals surface area (Å²) in [4.78, 5) is 23.0. The molecule has 0 unspecified atom stereocenters. The summed E-state index contributed by atoms with van der Waals surface area (Å²) in [7, 11) is 0. The summed E-state index contributed by atoms with van der Waals surface area (Å²) in [5.74, 6) is 0.273. The molecule has 1 aliphatic rings. The summed E-state index contributed by atoms with van der Waals surface area (Å²) >= 11 is 0. The highest BCUT2D eigenvalue weighted by Crippen LogP contribution is 2.30. The van der Waals surface area contributed by atoms with Gasteiger partial charge in [-0.3, -0.25) is 14.3 Å². The number of ether oxygens (including phenoxy) is 1. The van der Waals surface area contributed by atoms with Crippen molar-refractivity contribution in [1.82, 2.24) is 19.5 Å². The van der Waals surface area contributed by atoms with Crippen molar-refractivity contribution in [3.05, 3.63) is 16.7 Å². The second-order valence-electron chi connectivity index (χ2n) is 5.36. The maximum Gasteiger partial charge on any atom is 0.280 e. The highest BCUT2D eigenvalue weighted by Gasteiger charge is 2.35. The molecule has 3 rings (SSSR count). The number of hydrogen-bond donors (Lipinski definition) is 5. The molecule has 0 saturated carbocycles. The third kappa shape index (κ3) is 3.06. The minimum absolute atomic E-state index is 0.0355. The van der Waals surface area contributed by atoms with Gasteiger partial charge in [0.15, 0.2) is 11.2 Å². The van der Waals surface area contributed by atoms with Crippen LogP contribution in [0.25, 0.3) is 11.2 Å². The summed E-state index contributed by atoms with van der Waals surface area (Å²) < 4.78 is 7.14. The van der Waals surface area contributed by atoms with Gasteiger partial charge in [0.05, 0.1) is 19.0 Å². The first-order chi connectivity index (χ1) is 11.1. The van der Waals surface area contributed by atoms with Crippen LogP contribution < -0.4 is 10.9 Å². The molecule has 23 heavy (non-hydrogen) atoms. The summed E-state index contributed by atoms with van der Waals surface area (Å²) in [5.41, 5.74) is 0.108. The zero-order valence-electron chi connectivity index (χ0n) is 12.3. The molecule has 0 bridgehead atoms. The van der Waals surface area contributed by atoms with Gasteiger partial charge in [-0.25, -0.2) is 4.98 Å². The molecule has 126 valence electrons. The van der Waals surface area contributed by atoms with Crippen molar-refractivity contribution >= 4 is 17.1 Å². The first-order valence-electron chi connectivity index (χ1n) is 7.40. The van der Waals surface area contributed by atoms with Crippen molar-refractivity contribution < 1.29 is 20.1 Å². The van der Waals surface area contributed by atoms with E-state index in [0.29, 0.717) is 18.6 Å². The van der Waals surface area contributed by atoms with Gasteiger partial charge < -0.3 is 25.4 Å².